The molecule has 2 bridgehead atoms. The summed E-state index contributed by atoms with van der Waals surface area (Å²) in [6.07, 6.45) is 5.97. The number of rotatable bonds is 2. The molecular weight excluding hydrogens is 508 g/mol. The smallest absolute Gasteiger partial charge is 0.408 e. The minimum atomic E-state index is -0.866. The number of carbonyl (C=O) groups is 3. The molecule has 1 aromatic carbocycles. The number of fused-ring (bicyclic) bond motifs is 5. The fourth-order valence-corrected chi connectivity index (χ4v) is 6.36. The van der Waals surface area contributed by atoms with Gasteiger partial charge >= 0.3 is 6.09 Å². The van der Waals surface area contributed by atoms with Gasteiger partial charge in [0, 0.05) is 11.8 Å². The van der Waals surface area contributed by atoms with E-state index >= 15 is 0 Å². The van der Waals surface area contributed by atoms with Gasteiger partial charge in [-0.1, -0.05) is 52.7 Å². The summed E-state index contributed by atoms with van der Waals surface area (Å²) < 4.78 is 12.4. The van der Waals surface area contributed by atoms with E-state index in [4.69, 9.17) is 19.4 Å². The summed E-state index contributed by atoms with van der Waals surface area (Å²) >= 11 is 0. The Morgan fingerprint density at radius 1 is 1.12 bits per heavy atom. The van der Waals surface area contributed by atoms with E-state index in [9.17, 15) is 14.4 Å². The van der Waals surface area contributed by atoms with Crippen LogP contribution in [0.4, 0.5) is 4.79 Å². The van der Waals surface area contributed by atoms with E-state index in [0.29, 0.717) is 18.2 Å². The number of alkyl carbamates (subject to hydrolysis) is 1. The molecule has 1 N–H and O–H groups in total. The highest BCUT2D eigenvalue weighted by atomic mass is 16.6. The van der Waals surface area contributed by atoms with Crippen molar-refractivity contribution in [3.05, 3.63) is 30.0 Å². The molecule has 9 nitrogen and oxygen atoms in total. The number of ether oxygens (including phenoxy) is 2. The monoisotopic (exact) mass is 550 g/mol. The number of aryl methyl sites for hydroxylation is 1. The third kappa shape index (κ3) is 5.65. The maximum atomic E-state index is 14.0. The average Bonchev–Trinajstić information content (AvgIpc) is 3.39. The standard InChI is InChI=1S/C31H42N4O5/c1-6-20-24(18-36)35-17-25(20)39-27-23(32-21-13-10-11-14-22(21)33-27)15-9-7-8-12-19-16-31(19,5)40-29(38)34-26(28(35)37)30(2,3)4/h10-11,13-14,18-20,24-26H,6-9,12,15-17H2,1-5H3,(H,34,38)/t19-,20+,24-,25+,26-,31-/m1/s1. The van der Waals surface area contributed by atoms with Crippen LogP contribution in [0.1, 0.15) is 78.8 Å². The molecule has 2 fully saturated rings. The average molecular weight is 551 g/mol. The molecule has 1 aromatic heterocycles. The first-order valence-electron chi connectivity index (χ1n) is 14.7. The molecule has 1 aliphatic carbocycles. The lowest BCUT2D eigenvalue weighted by Gasteiger charge is -2.35. The third-order valence-electron chi connectivity index (χ3n) is 8.94. The summed E-state index contributed by atoms with van der Waals surface area (Å²) in [6, 6.07) is 6.21. The van der Waals surface area contributed by atoms with E-state index in [0.717, 1.165) is 61.5 Å². The van der Waals surface area contributed by atoms with E-state index in [1.54, 1.807) is 4.90 Å². The van der Waals surface area contributed by atoms with Crippen molar-refractivity contribution in [2.45, 2.75) is 103 Å². The van der Waals surface area contributed by atoms with Gasteiger partial charge in [0.25, 0.3) is 0 Å². The minimum absolute atomic E-state index is 0.219. The highest BCUT2D eigenvalue weighted by molar-refractivity contribution is 5.89. The van der Waals surface area contributed by atoms with Crippen molar-refractivity contribution >= 4 is 29.3 Å². The van der Waals surface area contributed by atoms with Gasteiger partial charge in [-0.3, -0.25) is 4.79 Å². The van der Waals surface area contributed by atoms with Crippen LogP contribution < -0.4 is 10.1 Å². The molecule has 40 heavy (non-hydrogen) atoms. The highest BCUT2D eigenvalue weighted by Crippen LogP contribution is 2.49. The van der Waals surface area contributed by atoms with Gasteiger partial charge in [0.15, 0.2) is 0 Å². The number of carbonyl (C=O) groups excluding carboxylic acids is 3. The van der Waals surface area contributed by atoms with Crippen molar-refractivity contribution in [2.75, 3.05) is 6.54 Å². The quantitative estimate of drug-likeness (QED) is 0.532. The topological polar surface area (TPSA) is 111 Å². The zero-order chi connectivity index (χ0) is 28.7. The van der Waals surface area contributed by atoms with Gasteiger partial charge in [-0.15, -0.1) is 0 Å². The van der Waals surface area contributed by atoms with Crippen molar-refractivity contribution in [3.8, 4) is 5.88 Å². The maximum Gasteiger partial charge on any atom is 0.408 e. The SMILES string of the molecule is CC[C@@H]1[C@@H]2CN(C(=O)[C@H](C(C)(C)C)NC(=O)O[C@]3(C)C[C@H]3CCCCCc3nc4ccccc4nc3O2)[C@@H]1C=O. The summed E-state index contributed by atoms with van der Waals surface area (Å²) in [7, 11) is 0. The van der Waals surface area contributed by atoms with Crippen molar-refractivity contribution in [1.82, 2.24) is 20.2 Å². The number of amides is 2. The number of nitrogens with one attached hydrogen (secondary N) is 1. The van der Waals surface area contributed by atoms with Crippen molar-refractivity contribution in [1.29, 1.82) is 0 Å². The Bertz CT molecular complexity index is 1280. The van der Waals surface area contributed by atoms with Crippen LogP contribution in [-0.2, 0) is 20.7 Å². The molecule has 0 radical (unpaired) electrons. The van der Waals surface area contributed by atoms with E-state index in [1.807, 2.05) is 58.9 Å². The first-order chi connectivity index (χ1) is 19.0. The number of aromatic nitrogens is 2. The molecular formula is C31H42N4O5. The largest absolute Gasteiger partial charge is 0.471 e. The second-order valence-corrected chi connectivity index (χ2v) is 13.0. The second kappa shape index (κ2) is 11.0. The van der Waals surface area contributed by atoms with Crippen LogP contribution in [0.15, 0.2) is 24.3 Å². The Labute approximate surface area is 236 Å². The molecule has 0 spiro atoms. The Balaban J connectivity index is 1.51. The first kappa shape index (κ1) is 28.3. The third-order valence-corrected chi connectivity index (χ3v) is 8.94. The van der Waals surface area contributed by atoms with Gasteiger partial charge in [0.1, 0.15) is 29.7 Å². The fourth-order valence-electron chi connectivity index (χ4n) is 6.36. The molecule has 3 aliphatic rings. The summed E-state index contributed by atoms with van der Waals surface area (Å²) in [5, 5.41) is 2.86. The lowest BCUT2D eigenvalue weighted by atomic mass is 9.85. The predicted molar refractivity (Wildman–Crippen MR) is 151 cm³/mol. The van der Waals surface area contributed by atoms with Crippen LogP contribution in [0.25, 0.3) is 11.0 Å². The number of hydrogen-bond donors (Lipinski definition) is 1. The zero-order valence-corrected chi connectivity index (χ0v) is 24.3. The van der Waals surface area contributed by atoms with Gasteiger partial charge in [0.2, 0.25) is 11.8 Å². The van der Waals surface area contributed by atoms with Gasteiger partial charge < -0.3 is 24.5 Å². The molecule has 2 aromatic rings. The van der Waals surface area contributed by atoms with Crippen molar-refractivity contribution in [3.63, 3.8) is 0 Å². The molecule has 6 atom stereocenters. The molecule has 1 saturated heterocycles. The Morgan fingerprint density at radius 3 is 2.52 bits per heavy atom. The lowest BCUT2D eigenvalue weighted by molar-refractivity contribution is -0.139. The number of aldehydes is 1. The maximum absolute atomic E-state index is 14.0. The highest BCUT2D eigenvalue weighted by Gasteiger charge is 2.54. The lowest BCUT2D eigenvalue weighted by Crippen LogP contribution is -2.56. The summed E-state index contributed by atoms with van der Waals surface area (Å²) in [4.78, 5) is 50.8. The molecule has 216 valence electrons. The molecule has 9 heteroatoms. The van der Waals surface area contributed by atoms with Crippen LogP contribution in [0.2, 0.25) is 0 Å². The molecule has 2 amide bonds. The molecule has 0 unspecified atom stereocenters. The summed E-state index contributed by atoms with van der Waals surface area (Å²) in [5.41, 5.74) is 1.26. The van der Waals surface area contributed by atoms with Crippen molar-refractivity contribution < 1.29 is 23.9 Å². The van der Waals surface area contributed by atoms with Gasteiger partial charge in [-0.25, -0.2) is 14.8 Å². The van der Waals surface area contributed by atoms with Crippen LogP contribution >= 0.6 is 0 Å². The van der Waals surface area contributed by atoms with E-state index in [-0.39, 0.29) is 18.4 Å². The first-order valence-corrected chi connectivity index (χ1v) is 14.7. The Hall–Kier alpha value is -3.23. The summed E-state index contributed by atoms with van der Waals surface area (Å²) in [5.74, 6) is 0.258. The van der Waals surface area contributed by atoms with Gasteiger partial charge in [-0.05, 0) is 56.6 Å². The number of para-hydroxylation sites is 2. The molecule has 5 rings (SSSR count). The molecule has 3 heterocycles. The van der Waals surface area contributed by atoms with Crippen molar-refractivity contribution in [2.24, 2.45) is 17.3 Å². The van der Waals surface area contributed by atoms with Crippen LogP contribution in [-0.4, -0.2) is 63.5 Å². The van der Waals surface area contributed by atoms with E-state index in [2.05, 4.69) is 5.32 Å². The zero-order valence-electron chi connectivity index (χ0n) is 24.3. The van der Waals surface area contributed by atoms with Crippen LogP contribution in [0.3, 0.4) is 0 Å². The minimum Gasteiger partial charge on any atom is -0.471 e. The Morgan fingerprint density at radius 2 is 1.85 bits per heavy atom. The normalized spacial score (nSPS) is 31.6. The summed E-state index contributed by atoms with van der Waals surface area (Å²) in [6.45, 7) is 9.89. The van der Waals surface area contributed by atoms with Gasteiger partial charge in [-0.2, -0.15) is 0 Å². The Kier molecular flexibility index (Phi) is 7.77. The van der Waals surface area contributed by atoms with Crippen LogP contribution in [0, 0.1) is 17.3 Å². The number of benzene rings is 1. The fraction of sp³-hybridized carbons (Fsp3) is 0.645. The predicted octanol–water partition coefficient (Wildman–Crippen LogP) is 4.85. The van der Waals surface area contributed by atoms with E-state index < -0.39 is 35.3 Å². The number of hydrogen-bond acceptors (Lipinski definition) is 7. The van der Waals surface area contributed by atoms with Gasteiger partial charge in [0.05, 0.1) is 23.6 Å². The van der Waals surface area contributed by atoms with E-state index in [1.165, 1.54) is 0 Å². The number of nitrogens with zero attached hydrogens (tertiary/aromatic N) is 3. The molecule has 2 aliphatic heterocycles. The van der Waals surface area contributed by atoms with Crippen LogP contribution in [0.5, 0.6) is 5.88 Å². The second-order valence-electron chi connectivity index (χ2n) is 13.0. The molecule has 1 saturated carbocycles.